The number of anilines is 1. The largest absolute Gasteiger partial charge is 0.362 e. The quantitative estimate of drug-likeness (QED) is 0.477. The first-order valence-electron chi connectivity index (χ1n) is 6.03. The van der Waals surface area contributed by atoms with Gasteiger partial charge in [0.2, 0.25) is 0 Å². The van der Waals surface area contributed by atoms with E-state index in [1.54, 1.807) is 18.3 Å². The summed E-state index contributed by atoms with van der Waals surface area (Å²) in [6.45, 7) is 0.512. The van der Waals surface area contributed by atoms with Crippen molar-refractivity contribution in [3.63, 3.8) is 0 Å². The molecular formula is C13H15BrN4O2. The van der Waals surface area contributed by atoms with E-state index in [-0.39, 0.29) is 10.6 Å². The summed E-state index contributed by atoms with van der Waals surface area (Å²) < 4.78 is 1.90. The fourth-order valence-corrected chi connectivity index (χ4v) is 2.32. The first-order chi connectivity index (χ1) is 9.52. The fourth-order valence-electron chi connectivity index (χ4n) is 1.97. The maximum Gasteiger partial charge on any atom is 0.292 e. The number of imidazole rings is 1. The molecule has 2 rings (SSSR count). The zero-order valence-electron chi connectivity index (χ0n) is 11.3. The number of rotatable bonds is 5. The van der Waals surface area contributed by atoms with Gasteiger partial charge in [-0.25, -0.2) is 4.98 Å². The Morgan fingerprint density at radius 3 is 2.80 bits per heavy atom. The van der Waals surface area contributed by atoms with E-state index in [4.69, 9.17) is 0 Å². The summed E-state index contributed by atoms with van der Waals surface area (Å²) in [6, 6.07) is 5.25. The van der Waals surface area contributed by atoms with Crippen LogP contribution < -0.4 is 4.90 Å². The number of nitro benzene ring substituents is 1. The van der Waals surface area contributed by atoms with Crippen molar-refractivity contribution in [2.75, 3.05) is 11.9 Å². The standard InChI is InChI=1S/C13H15BrN4O2/c1-16-6-5-15-13(16)9-17(2)11-4-3-10(8-14)7-12(11)18(19)20/h3-7H,8-9H2,1-2H3. The maximum atomic E-state index is 11.2. The van der Waals surface area contributed by atoms with Crippen LogP contribution in [0, 0.1) is 10.1 Å². The number of aromatic nitrogens is 2. The number of nitro groups is 1. The third-order valence-corrected chi connectivity index (χ3v) is 3.75. The van der Waals surface area contributed by atoms with E-state index >= 15 is 0 Å². The smallest absolute Gasteiger partial charge is 0.292 e. The van der Waals surface area contributed by atoms with Crippen molar-refractivity contribution in [1.82, 2.24) is 9.55 Å². The maximum absolute atomic E-state index is 11.2. The Morgan fingerprint density at radius 2 is 2.25 bits per heavy atom. The number of halogens is 1. The monoisotopic (exact) mass is 338 g/mol. The van der Waals surface area contributed by atoms with Crippen LogP contribution >= 0.6 is 15.9 Å². The van der Waals surface area contributed by atoms with Crippen LogP contribution in [0.4, 0.5) is 11.4 Å². The second-order valence-corrected chi connectivity index (χ2v) is 5.08. The molecule has 6 nitrogen and oxygen atoms in total. The first-order valence-corrected chi connectivity index (χ1v) is 7.15. The molecule has 0 aliphatic heterocycles. The number of aryl methyl sites for hydroxylation is 1. The minimum absolute atomic E-state index is 0.110. The van der Waals surface area contributed by atoms with E-state index < -0.39 is 0 Å². The number of hydrogen-bond donors (Lipinski definition) is 0. The highest BCUT2D eigenvalue weighted by atomic mass is 79.9. The highest BCUT2D eigenvalue weighted by molar-refractivity contribution is 9.08. The molecular weight excluding hydrogens is 324 g/mol. The molecule has 0 saturated heterocycles. The van der Waals surface area contributed by atoms with Crippen LogP contribution in [0.5, 0.6) is 0 Å². The van der Waals surface area contributed by atoms with Gasteiger partial charge in [-0.15, -0.1) is 0 Å². The molecule has 1 aromatic heterocycles. The van der Waals surface area contributed by atoms with E-state index in [1.165, 1.54) is 0 Å². The van der Waals surface area contributed by atoms with Crippen LogP contribution in [0.2, 0.25) is 0 Å². The zero-order valence-corrected chi connectivity index (χ0v) is 12.9. The van der Waals surface area contributed by atoms with Gasteiger partial charge in [0.05, 0.1) is 11.5 Å². The van der Waals surface area contributed by atoms with Gasteiger partial charge in [0.1, 0.15) is 11.5 Å². The van der Waals surface area contributed by atoms with E-state index in [2.05, 4.69) is 20.9 Å². The number of benzene rings is 1. The molecule has 0 radical (unpaired) electrons. The molecule has 0 fully saturated rings. The predicted octanol–water partition coefficient (Wildman–Crippen LogP) is 2.86. The van der Waals surface area contributed by atoms with Gasteiger partial charge in [0.25, 0.3) is 5.69 Å². The lowest BCUT2D eigenvalue weighted by molar-refractivity contribution is -0.384. The van der Waals surface area contributed by atoms with Crippen LogP contribution in [0.1, 0.15) is 11.4 Å². The fraction of sp³-hybridized carbons (Fsp3) is 0.308. The Bertz CT molecular complexity index is 627. The predicted molar refractivity (Wildman–Crippen MR) is 81.0 cm³/mol. The van der Waals surface area contributed by atoms with Gasteiger partial charge in [0, 0.05) is 37.9 Å². The van der Waals surface area contributed by atoms with Crippen molar-refractivity contribution in [2.45, 2.75) is 11.9 Å². The summed E-state index contributed by atoms with van der Waals surface area (Å²) >= 11 is 3.31. The lowest BCUT2D eigenvalue weighted by Crippen LogP contribution is -2.20. The molecule has 0 N–H and O–H groups in total. The normalized spacial score (nSPS) is 10.6. The molecule has 20 heavy (non-hydrogen) atoms. The Kier molecular flexibility index (Phi) is 4.39. The molecule has 2 aromatic rings. The summed E-state index contributed by atoms with van der Waals surface area (Å²) in [5.41, 5.74) is 1.58. The van der Waals surface area contributed by atoms with Crippen molar-refractivity contribution >= 4 is 27.3 Å². The summed E-state index contributed by atoms with van der Waals surface area (Å²) in [6.07, 6.45) is 3.57. The molecule has 0 aliphatic carbocycles. The molecule has 7 heteroatoms. The summed E-state index contributed by atoms with van der Waals surface area (Å²) in [4.78, 5) is 16.9. The van der Waals surface area contributed by atoms with Gasteiger partial charge in [-0.1, -0.05) is 22.0 Å². The molecule has 0 spiro atoms. The molecule has 0 amide bonds. The summed E-state index contributed by atoms with van der Waals surface area (Å²) in [5.74, 6) is 0.853. The van der Waals surface area contributed by atoms with Crippen molar-refractivity contribution in [3.8, 4) is 0 Å². The highest BCUT2D eigenvalue weighted by Crippen LogP contribution is 2.29. The second-order valence-electron chi connectivity index (χ2n) is 4.52. The lowest BCUT2D eigenvalue weighted by atomic mass is 10.2. The van der Waals surface area contributed by atoms with Gasteiger partial charge < -0.3 is 9.47 Å². The number of alkyl halides is 1. The molecule has 0 atom stereocenters. The summed E-state index contributed by atoms with van der Waals surface area (Å²) in [5, 5.41) is 11.8. The van der Waals surface area contributed by atoms with E-state index in [1.807, 2.05) is 35.8 Å². The van der Waals surface area contributed by atoms with Gasteiger partial charge >= 0.3 is 0 Å². The van der Waals surface area contributed by atoms with Gasteiger partial charge in [-0.3, -0.25) is 10.1 Å². The highest BCUT2D eigenvalue weighted by Gasteiger charge is 2.18. The van der Waals surface area contributed by atoms with E-state index in [9.17, 15) is 10.1 Å². The molecule has 0 unspecified atom stereocenters. The van der Waals surface area contributed by atoms with Gasteiger partial charge in [-0.2, -0.15) is 0 Å². The third-order valence-electron chi connectivity index (χ3n) is 3.10. The summed E-state index contributed by atoms with van der Waals surface area (Å²) in [7, 11) is 3.73. The lowest BCUT2D eigenvalue weighted by Gasteiger charge is -2.19. The first kappa shape index (κ1) is 14.5. The van der Waals surface area contributed by atoms with E-state index in [0.29, 0.717) is 17.6 Å². The molecule has 0 bridgehead atoms. The second kappa shape index (κ2) is 6.04. The molecule has 1 aromatic carbocycles. The Hall–Kier alpha value is -1.89. The Balaban J connectivity index is 2.31. The van der Waals surface area contributed by atoms with Gasteiger partial charge in [-0.05, 0) is 11.6 Å². The van der Waals surface area contributed by atoms with Crippen LogP contribution in [-0.2, 0) is 18.9 Å². The average molecular weight is 339 g/mol. The minimum Gasteiger partial charge on any atom is -0.362 e. The van der Waals surface area contributed by atoms with Crippen molar-refractivity contribution < 1.29 is 4.92 Å². The van der Waals surface area contributed by atoms with Crippen LogP contribution in [0.15, 0.2) is 30.6 Å². The number of nitrogens with zero attached hydrogens (tertiary/aromatic N) is 4. The Labute approximate surface area is 125 Å². The van der Waals surface area contributed by atoms with E-state index in [0.717, 1.165) is 11.4 Å². The number of hydrogen-bond acceptors (Lipinski definition) is 4. The Morgan fingerprint density at radius 1 is 1.50 bits per heavy atom. The van der Waals surface area contributed by atoms with Crippen LogP contribution in [0.3, 0.4) is 0 Å². The van der Waals surface area contributed by atoms with Crippen molar-refractivity contribution in [1.29, 1.82) is 0 Å². The molecule has 1 heterocycles. The third kappa shape index (κ3) is 2.98. The van der Waals surface area contributed by atoms with Crippen molar-refractivity contribution in [2.24, 2.45) is 7.05 Å². The van der Waals surface area contributed by atoms with Crippen LogP contribution in [0.25, 0.3) is 0 Å². The van der Waals surface area contributed by atoms with Crippen LogP contribution in [-0.4, -0.2) is 21.5 Å². The molecule has 0 aliphatic rings. The zero-order chi connectivity index (χ0) is 14.7. The average Bonchev–Trinajstić information content (AvgIpc) is 2.83. The topological polar surface area (TPSA) is 64.2 Å². The minimum atomic E-state index is -0.351. The SMILES string of the molecule is CN(Cc1nccn1C)c1ccc(CBr)cc1[N+](=O)[O-]. The van der Waals surface area contributed by atoms with Crippen molar-refractivity contribution in [3.05, 3.63) is 52.1 Å². The van der Waals surface area contributed by atoms with Gasteiger partial charge in [0.15, 0.2) is 0 Å². The molecule has 106 valence electrons. The molecule has 0 saturated carbocycles.